The van der Waals surface area contributed by atoms with Crippen LogP contribution < -0.4 is 11.1 Å². The van der Waals surface area contributed by atoms with Crippen LogP contribution in [0.5, 0.6) is 0 Å². The predicted molar refractivity (Wildman–Crippen MR) is 125 cm³/mol. The second kappa shape index (κ2) is 9.22. The minimum atomic E-state index is -0.698. The number of aromatic nitrogens is 3. The number of aliphatic hydroxyl groups is 1. The smallest absolute Gasteiger partial charge is 0.254 e. The Kier molecular flexibility index (Phi) is 6.19. The average Bonchev–Trinajstić information content (AvgIpc) is 3.16. The fourth-order valence-corrected chi connectivity index (χ4v) is 3.64. The van der Waals surface area contributed by atoms with Crippen molar-refractivity contribution < 1.29 is 14.3 Å². The number of nitrogens with two attached hydrogens (primary N) is 1. The molecule has 2 aromatic heterocycles. The van der Waals surface area contributed by atoms with E-state index in [1.165, 1.54) is 12.1 Å². The van der Waals surface area contributed by atoms with Gasteiger partial charge in [0, 0.05) is 24.4 Å². The zero-order valence-corrected chi connectivity index (χ0v) is 18.3. The van der Waals surface area contributed by atoms with Gasteiger partial charge in [-0.1, -0.05) is 36.4 Å². The fourth-order valence-electron chi connectivity index (χ4n) is 3.64. The van der Waals surface area contributed by atoms with Gasteiger partial charge in [-0.3, -0.25) is 4.79 Å². The minimum absolute atomic E-state index is 0.127. The molecule has 2 aromatic carbocycles. The second-order valence-corrected chi connectivity index (χ2v) is 7.72. The van der Waals surface area contributed by atoms with Crippen molar-refractivity contribution in [3.8, 4) is 22.4 Å². The molecular formula is C25H24FN5O2. The number of benzene rings is 2. The number of hydrogen-bond donors (Lipinski definition) is 3. The number of nitrogens with zero attached hydrogens (tertiary/aromatic N) is 3. The molecule has 0 aliphatic carbocycles. The van der Waals surface area contributed by atoms with E-state index in [4.69, 9.17) is 5.73 Å². The number of anilines is 1. The molecule has 168 valence electrons. The van der Waals surface area contributed by atoms with Crippen molar-refractivity contribution >= 4 is 11.7 Å². The van der Waals surface area contributed by atoms with Crippen LogP contribution in [0.1, 0.15) is 27.8 Å². The summed E-state index contributed by atoms with van der Waals surface area (Å²) in [5.41, 5.74) is 9.37. The van der Waals surface area contributed by atoms with Gasteiger partial charge in [-0.2, -0.15) is 0 Å². The number of rotatable bonds is 6. The zero-order chi connectivity index (χ0) is 23.5. The van der Waals surface area contributed by atoms with Gasteiger partial charge in [0.2, 0.25) is 0 Å². The van der Waals surface area contributed by atoms with Gasteiger partial charge in [0.25, 0.3) is 5.91 Å². The number of carbonyl (C=O) groups is 1. The van der Waals surface area contributed by atoms with Gasteiger partial charge >= 0.3 is 0 Å². The number of pyridine rings is 1. The second-order valence-electron chi connectivity index (χ2n) is 7.72. The van der Waals surface area contributed by atoms with Crippen LogP contribution in [0.3, 0.4) is 0 Å². The third kappa shape index (κ3) is 4.47. The lowest BCUT2D eigenvalue weighted by Gasteiger charge is -2.17. The zero-order valence-electron chi connectivity index (χ0n) is 18.3. The predicted octanol–water partition coefficient (Wildman–Crippen LogP) is 3.64. The Labute approximate surface area is 190 Å². The number of carbonyl (C=O) groups excluding carboxylic acids is 1. The van der Waals surface area contributed by atoms with Crippen molar-refractivity contribution in [2.45, 2.75) is 13.0 Å². The Morgan fingerprint density at radius 3 is 2.52 bits per heavy atom. The first-order valence-electron chi connectivity index (χ1n) is 10.4. The number of halogens is 1. The molecule has 0 aliphatic rings. The van der Waals surface area contributed by atoms with Gasteiger partial charge < -0.3 is 20.7 Å². The Hall–Kier alpha value is -4.04. The first kappa shape index (κ1) is 22.2. The number of nitrogens with one attached hydrogen (secondary N) is 1. The summed E-state index contributed by atoms with van der Waals surface area (Å²) in [5.74, 6) is -0.219. The minimum Gasteiger partial charge on any atom is -0.394 e. The van der Waals surface area contributed by atoms with E-state index in [1.807, 2.05) is 30.7 Å². The molecule has 8 heteroatoms. The molecule has 7 nitrogen and oxygen atoms in total. The number of imidazole rings is 1. The Bertz CT molecular complexity index is 1300. The molecule has 0 aliphatic heterocycles. The lowest BCUT2D eigenvalue weighted by molar-refractivity contribution is 0.0912. The van der Waals surface area contributed by atoms with Gasteiger partial charge in [0.1, 0.15) is 17.5 Å². The molecule has 0 fully saturated rings. The van der Waals surface area contributed by atoms with Crippen molar-refractivity contribution in [3.63, 3.8) is 0 Å². The maximum Gasteiger partial charge on any atom is 0.254 e. The number of amides is 1. The van der Waals surface area contributed by atoms with Gasteiger partial charge in [-0.05, 0) is 36.2 Å². The molecule has 0 radical (unpaired) electrons. The molecule has 0 spiro atoms. The highest BCUT2D eigenvalue weighted by atomic mass is 19.1. The average molecular weight is 445 g/mol. The van der Waals surface area contributed by atoms with E-state index in [0.29, 0.717) is 11.1 Å². The van der Waals surface area contributed by atoms with Gasteiger partial charge in [-0.15, -0.1) is 0 Å². The third-order valence-electron chi connectivity index (χ3n) is 5.65. The van der Waals surface area contributed by atoms with E-state index in [9.17, 15) is 14.3 Å². The van der Waals surface area contributed by atoms with Crippen LogP contribution in [0, 0.1) is 12.7 Å². The maximum atomic E-state index is 15.0. The highest BCUT2D eigenvalue weighted by Crippen LogP contribution is 2.31. The maximum absolute atomic E-state index is 15.0. The van der Waals surface area contributed by atoms with E-state index in [0.717, 1.165) is 22.6 Å². The largest absolute Gasteiger partial charge is 0.394 e. The summed E-state index contributed by atoms with van der Waals surface area (Å²) in [7, 11) is 1.90. The van der Waals surface area contributed by atoms with Crippen LogP contribution >= 0.6 is 0 Å². The van der Waals surface area contributed by atoms with Crippen LogP contribution in [0.2, 0.25) is 0 Å². The summed E-state index contributed by atoms with van der Waals surface area (Å²) < 4.78 is 16.9. The number of aliphatic hydroxyl groups excluding tert-OH is 1. The Balaban J connectivity index is 1.62. The van der Waals surface area contributed by atoms with E-state index >= 15 is 0 Å². The molecule has 4 rings (SSSR count). The van der Waals surface area contributed by atoms with E-state index in [2.05, 4.69) is 15.3 Å². The van der Waals surface area contributed by atoms with E-state index < -0.39 is 17.8 Å². The highest BCUT2D eigenvalue weighted by Gasteiger charge is 2.19. The first-order valence-corrected chi connectivity index (χ1v) is 10.4. The normalized spacial score (nSPS) is 11.9. The quantitative estimate of drug-likeness (QED) is 0.420. The first-order chi connectivity index (χ1) is 15.9. The van der Waals surface area contributed by atoms with Gasteiger partial charge in [-0.25, -0.2) is 14.4 Å². The molecule has 1 unspecified atom stereocenters. The topological polar surface area (TPSA) is 106 Å². The summed E-state index contributed by atoms with van der Waals surface area (Å²) in [6.45, 7) is 1.59. The van der Waals surface area contributed by atoms with E-state index in [-0.39, 0.29) is 18.0 Å². The summed E-state index contributed by atoms with van der Waals surface area (Å²) in [4.78, 5) is 21.3. The molecule has 2 heterocycles. The fraction of sp³-hybridized carbons (Fsp3) is 0.160. The highest BCUT2D eigenvalue weighted by molar-refractivity contribution is 5.95. The van der Waals surface area contributed by atoms with Crippen molar-refractivity contribution in [2.24, 2.45) is 7.05 Å². The summed E-state index contributed by atoms with van der Waals surface area (Å²) in [6.07, 6.45) is 3.39. The molecule has 0 saturated carbocycles. The van der Waals surface area contributed by atoms with Crippen molar-refractivity contribution in [1.82, 2.24) is 19.9 Å². The lowest BCUT2D eigenvalue weighted by atomic mass is 10.0. The lowest BCUT2D eigenvalue weighted by Crippen LogP contribution is -2.31. The molecule has 0 bridgehead atoms. The van der Waals surface area contributed by atoms with Gasteiger partial charge in [0.15, 0.2) is 0 Å². The Morgan fingerprint density at radius 2 is 1.88 bits per heavy atom. The third-order valence-corrected chi connectivity index (χ3v) is 5.65. The SMILES string of the molecule is Cc1ncc(-c2cnc(N)c(-c3ccc(C(=O)NC(CO)c4ccccc4)c(F)c3)c2)n1C. The van der Waals surface area contributed by atoms with Crippen LogP contribution in [0.25, 0.3) is 22.4 Å². The van der Waals surface area contributed by atoms with E-state index in [1.54, 1.807) is 42.7 Å². The number of hydrogen-bond acceptors (Lipinski definition) is 5. The van der Waals surface area contributed by atoms with Crippen molar-refractivity contribution in [3.05, 3.63) is 89.8 Å². The van der Waals surface area contributed by atoms with Crippen LogP contribution in [-0.4, -0.2) is 32.2 Å². The molecule has 4 N–H and O–H groups in total. The van der Waals surface area contributed by atoms with Crippen molar-refractivity contribution in [1.29, 1.82) is 0 Å². The molecule has 33 heavy (non-hydrogen) atoms. The van der Waals surface area contributed by atoms with Gasteiger partial charge in [0.05, 0.1) is 30.1 Å². The van der Waals surface area contributed by atoms with Crippen LogP contribution in [0.4, 0.5) is 10.2 Å². The molecule has 1 amide bonds. The molecule has 0 saturated heterocycles. The molecule has 1 atom stereocenters. The number of aryl methyl sites for hydroxylation is 1. The van der Waals surface area contributed by atoms with Crippen LogP contribution in [0.15, 0.2) is 67.0 Å². The molecular weight excluding hydrogens is 421 g/mol. The summed E-state index contributed by atoms with van der Waals surface area (Å²) >= 11 is 0. The Morgan fingerprint density at radius 1 is 1.12 bits per heavy atom. The molecule has 4 aromatic rings. The van der Waals surface area contributed by atoms with Crippen molar-refractivity contribution in [2.75, 3.05) is 12.3 Å². The monoisotopic (exact) mass is 445 g/mol. The number of nitrogen functional groups attached to an aromatic ring is 1. The summed E-state index contributed by atoms with van der Waals surface area (Å²) in [5, 5.41) is 12.3. The standard InChI is InChI=1S/C25H24FN5O2/c1-15-28-13-23(31(15)2)18-10-20(24(27)29-12-18)17-8-9-19(21(26)11-17)25(33)30-22(14-32)16-6-4-3-5-7-16/h3-13,22,32H,14H2,1-2H3,(H2,27,29)(H,30,33). The summed E-state index contributed by atoms with van der Waals surface area (Å²) in [6, 6.07) is 14.5. The van der Waals surface area contributed by atoms with Crippen LogP contribution in [-0.2, 0) is 7.05 Å².